The molecule has 0 radical (unpaired) electrons. The number of nitrogens with zero attached hydrogens (tertiary/aromatic N) is 2. The number of fused-ring (bicyclic) bond motifs is 4. The van der Waals surface area contributed by atoms with Crippen molar-refractivity contribution < 1.29 is 35.0 Å². The van der Waals surface area contributed by atoms with E-state index < -0.39 is 0 Å². The van der Waals surface area contributed by atoms with Crippen LogP contribution in [0.4, 0.5) is 0 Å². The van der Waals surface area contributed by atoms with Crippen molar-refractivity contribution in [1.82, 2.24) is 9.97 Å². The van der Waals surface area contributed by atoms with Crippen molar-refractivity contribution >= 4 is 32.9 Å². The summed E-state index contributed by atoms with van der Waals surface area (Å²) in [4.78, 5) is 10.0. The maximum atomic E-state index is 10.8. The van der Waals surface area contributed by atoms with Crippen LogP contribution in [0.3, 0.4) is 0 Å². The van der Waals surface area contributed by atoms with E-state index in [1.807, 2.05) is 104 Å². The molecular formula is C49H31N2O3Pt-. The molecule has 0 amide bonds. The minimum absolute atomic E-state index is 0. The second kappa shape index (κ2) is 14.0. The number of aromatic nitrogens is 2. The van der Waals surface area contributed by atoms with Gasteiger partial charge in [0.1, 0.15) is 28.3 Å². The number of pyridine rings is 2. The fourth-order valence-corrected chi connectivity index (χ4v) is 7.42. The van der Waals surface area contributed by atoms with Gasteiger partial charge in [-0.05, 0) is 72.1 Å². The van der Waals surface area contributed by atoms with Crippen molar-refractivity contribution in [2.45, 2.75) is 6.92 Å². The molecule has 0 unspecified atom stereocenters. The maximum absolute atomic E-state index is 10.8. The van der Waals surface area contributed by atoms with E-state index in [1.165, 1.54) is 0 Å². The predicted molar refractivity (Wildman–Crippen MR) is 217 cm³/mol. The van der Waals surface area contributed by atoms with E-state index in [0.717, 1.165) is 94.7 Å². The summed E-state index contributed by atoms with van der Waals surface area (Å²) in [5, 5.41) is 14.0. The Kier molecular flexibility index (Phi) is 8.73. The molecule has 0 aliphatic carbocycles. The second-order valence-electron chi connectivity index (χ2n) is 13.5. The molecule has 6 aromatic carbocycles. The Morgan fingerprint density at radius 2 is 1.11 bits per heavy atom. The number of furan rings is 2. The van der Waals surface area contributed by atoms with Gasteiger partial charge in [0.25, 0.3) is 0 Å². The normalized spacial score (nSPS) is 11.3. The van der Waals surface area contributed by atoms with Gasteiger partial charge in [-0.15, -0.1) is 24.3 Å². The van der Waals surface area contributed by atoms with Gasteiger partial charge in [0.15, 0.2) is 0 Å². The molecule has 10 rings (SSSR count). The predicted octanol–water partition coefficient (Wildman–Crippen LogP) is 12.9. The van der Waals surface area contributed by atoms with Crippen LogP contribution in [-0.4, -0.2) is 15.1 Å². The van der Waals surface area contributed by atoms with Crippen molar-refractivity contribution in [3.8, 4) is 73.1 Å². The first kappa shape index (κ1) is 34.2. The molecule has 0 saturated heterocycles. The van der Waals surface area contributed by atoms with Crippen LogP contribution in [0.5, 0.6) is 5.75 Å². The van der Waals surface area contributed by atoms with Crippen LogP contribution in [-0.2, 0) is 21.1 Å². The number of phenolic OH excluding ortho intramolecular Hbond substituents is 1. The number of aromatic hydroxyl groups is 1. The molecule has 4 heterocycles. The van der Waals surface area contributed by atoms with Crippen LogP contribution in [0, 0.1) is 13.0 Å². The van der Waals surface area contributed by atoms with Crippen LogP contribution in [0.1, 0.15) is 5.69 Å². The number of benzene rings is 6. The third-order valence-corrected chi connectivity index (χ3v) is 9.94. The molecule has 0 aliphatic heterocycles. The number of aryl methyl sites for hydroxylation is 1. The molecule has 55 heavy (non-hydrogen) atoms. The quantitative estimate of drug-likeness (QED) is 0.168. The Hall–Kier alpha value is -6.55. The van der Waals surface area contributed by atoms with E-state index >= 15 is 0 Å². The monoisotopic (exact) mass is 890 g/mol. The van der Waals surface area contributed by atoms with Gasteiger partial charge in [-0.25, -0.2) is 0 Å². The van der Waals surface area contributed by atoms with E-state index in [0.29, 0.717) is 11.3 Å². The summed E-state index contributed by atoms with van der Waals surface area (Å²) in [5.74, 6) is 0.942. The molecular weight excluding hydrogens is 860 g/mol. The summed E-state index contributed by atoms with van der Waals surface area (Å²) in [6.45, 7) is 2.00. The number of hydrogen-bond acceptors (Lipinski definition) is 5. The van der Waals surface area contributed by atoms with Crippen LogP contribution in [0.25, 0.3) is 100 Å². The van der Waals surface area contributed by atoms with Crippen molar-refractivity contribution in [2.75, 3.05) is 0 Å². The zero-order valence-electron chi connectivity index (χ0n) is 29.6. The first-order valence-corrected chi connectivity index (χ1v) is 17.9. The number of phenols is 1. The Balaban J connectivity index is 0.00000397. The van der Waals surface area contributed by atoms with Crippen molar-refractivity contribution in [1.29, 1.82) is 0 Å². The topological polar surface area (TPSA) is 72.3 Å². The van der Waals surface area contributed by atoms with Gasteiger partial charge in [0, 0.05) is 71.0 Å². The Morgan fingerprint density at radius 3 is 1.91 bits per heavy atom. The van der Waals surface area contributed by atoms with Gasteiger partial charge < -0.3 is 13.9 Å². The molecule has 0 aliphatic rings. The fraction of sp³-hybridized carbons (Fsp3) is 0.0204. The van der Waals surface area contributed by atoms with Crippen molar-refractivity contribution in [3.05, 3.63) is 176 Å². The van der Waals surface area contributed by atoms with Gasteiger partial charge >= 0.3 is 0 Å². The average molecular weight is 891 g/mol. The third-order valence-electron chi connectivity index (χ3n) is 9.94. The summed E-state index contributed by atoms with van der Waals surface area (Å²) in [5.41, 5.74) is 12.8. The Morgan fingerprint density at radius 1 is 0.473 bits per heavy atom. The third kappa shape index (κ3) is 6.23. The van der Waals surface area contributed by atoms with Crippen molar-refractivity contribution in [3.63, 3.8) is 0 Å². The summed E-state index contributed by atoms with van der Waals surface area (Å²) >= 11 is 0. The molecule has 266 valence electrons. The molecule has 0 saturated carbocycles. The molecule has 5 nitrogen and oxygen atoms in total. The molecule has 0 bridgehead atoms. The summed E-state index contributed by atoms with van der Waals surface area (Å²) in [6.07, 6.45) is 0. The number of rotatable bonds is 6. The summed E-state index contributed by atoms with van der Waals surface area (Å²) < 4.78 is 13.0. The second-order valence-corrected chi connectivity index (χ2v) is 13.5. The molecule has 0 atom stereocenters. The first-order valence-electron chi connectivity index (χ1n) is 17.9. The molecule has 10 aromatic rings. The fourth-order valence-electron chi connectivity index (χ4n) is 7.42. The first-order chi connectivity index (χ1) is 26.6. The summed E-state index contributed by atoms with van der Waals surface area (Å²) in [7, 11) is 0. The van der Waals surface area contributed by atoms with Gasteiger partial charge in [0.05, 0.1) is 5.69 Å². The minimum atomic E-state index is 0. The summed E-state index contributed by atoms with van der Waals surface area (Å²) in [6, 6.07) is 58.1. The standard InChI is InChI=1S/C49H31N2O3.Pt/c1-30-24-36(49-48(40-18-7-10-21-46(40)54-49)34-22-23-38-37-16-6-9-20-45(37)53-47(38)29-34)28-41(50-30)32-14-11-15-33(25-32)42-26-35(31-12-3-2-4-13-31)27-43(51-42)39-17-5-8-19-44(39)52;/h2-24,26-29,52H,1H3;/q-1;. The van der Waals surface area contributed by atoms with E-state index in [-0.39, 0.29) is 26.8 Å². The Bertz CT molecular complexity index is 3040. The minimum Gasteiger partial charge on any atom is -0.507 e. The van der Waals surface area contributed by atoms with Crippen LogP contribution in [0.15, 0.2) is 173 Å². The zero-order valence-corrected chi connectivity index (χ0v) is 31.8. The van der Waals surface area contributed by atoms with E-state index in [4.69, 9.17) is 18.8 Å². The number of hydrogen-bond donors (Lipinski definition) is 1. The Labute approximate surface area is 331 Å². The van der Waals surface area contributed by atoms with Gasteiger partial charge in [-0.1, -0.05) is 108 Å². The molecule has 6 heteroatoms. The maximum Gasteiger partial charge on any atom is 0.142 e. The van der Waals surface area contributed by atoms with Gasteiger partial charge in [-0.2, -0.15) is 0 Å². The van der Waals surface area contributed by atoms with Gasteiger partial charge in [-0.3, -0.25) is 9.97 Å². The van der Waals surface area contributed by atoms with E-state index in [2.05, 4.69) is 66.7 Å². The van der Waals surface area contributed by atoms with Gasteiger partial charge in [0.2, 0.25) is 0 Å². The van der Waals surface area contributed by atoms with Crippen LogP contribution < -0.4 is 0 Å². The molecule has 4 aromatic heterocycles. The molecule has 1 N–H and O–H groups in total. The molecule has 0 spiro atoms. The van der Waals surface area contributed by atoms with Crippen LogP contribution in [0.2, 0.25) is 0 Å². The molecule has 0 fully saturated rings. The SMILES string of the molecule is Cc1cc(-c2oc3ccccc3c2-c2ccc3c(c2)oc2ccccc23)cc(-c2[c-]c(-c3cc(-c4ccccc4)cc(-c4ccccc4O)n3)ccc2)n1.[Pt]. The number of para-hydroxylation sites is 3. The largest absolute Gasteiger partial charge is 0.507 e. The average Bonchev–Trinajstić information content (AvgIpc) is 3.80. The van der Waals surface area contributed by atoms with E-state index in [9.17, 15) is 5.11 Å². The smallest absolute Gasteiger partial charge is 0.142 e. The van der Waals surface area contributed by atoms with Crippen LogP contribution >= 0.6 is 0 Å². The zero-order chi connectivity index (χ0) is 36.2. The van der Waals surface area contributed by atoms with Crippen molar-refractivity contribution in [2.24, 2.45) is 0 Å². The van der Waals surface area contributed by atoms with E-state index in [1.54, 1.807) is 6.07 Å².